The van der Waals surface area contributed by atoms with E-state index < -0.39 is 12.1 Å². The molecule has 1 amide bonds. The van der Waals surface area contributed by atoms with Gasteiger partial charge in [-0.05, 0) is 47.3 Å². The van der Waals surface area contributed by atoms with Crippen LogP contribution in [0, 0.1) is 0 Å². The molecule has 0 radical (unpaired) electrons. The van der Waals surface area contributed by atoms with Gasteiger partial charge >= 0.3 is 12.1 Å². The summed E-state index contributed by atoms with van der Waals surface area (Å²) in [6.07, 6.45) is -4.93. The molecule has 2 heterocycles. The van der Waals surface area contributed by atoms with Crippen LogP contribution in [0.3, 0.4) is 0 Å². The lowest BCUT2D eigenvalue weighted by Crippen LogP contribution is -2.36. The van der Waals surface area contributed by atoms with E-state index in [4.69, 9.17) is 16.6 Å². The molecule has 0 unspecified atom stereocenters. The largest absolute Gasteiger partial charge is 0.471 e. The molecule has 0 fully saturated rings. The summed E-state index contributed by atoms with van der Waals surface area (Å²) in [6, 6.07) is 16.8. The molecule has 1 aliphatic heterocycles. The van der Waals surface area contributed by atoms with Crippen molar-refractivity contribution in [2.24, 2.45) is 0 Å². The van der Waals surface area contributed by atoms with Crippen LogP contribution >= 0.6 is 11.6 Å². The number of rotatable bonds is 2. The van der Waals surface area contributed by atoms with Gasteiger partial charge in [0.25, 0.3) is 0 Å². The number of amides is 1. The summed E-state index contributed by atoms with van der Waals surface area (Å²) in [5, 5.41) is 4.99. The highest BCUT2D eigenvalue weighted by Crippen LogP contribution is 2.48. The zero-order valence-corrected chi connectivity index (χ0v) is 17.0. The van der Waals surface area contributed by atoms with Crippen LogP contribution in [0.4, 0.5) is 24.5 Å². The van der Waals surface area contributed by atoms with Crippen molar-refractivity contribution in [3.05, 3.63) is 65.2 Å². The third-order valence-corrected chi connectivity index (χ3v) is 5.72. The highest BCUT2D eigenvalue weighted by atomic mass is 35.5. The summed E-state index contributed by atoms with van der Waals surface area (Å²) < 4.78 is 37.9. The number of halogens is 4. The van der Waals surface area contributed by atoms with Crippen molar-refractivity contribution >= 4 is 50.6 Å². The monoisotopic (exact) mass is 441 g/mol. The molecule has 3 aromatic carbocycles. The summed E-state index contributed by atoms with van der Waals surface area (Å²) in [5.41, 5.74) is 4.79. The number of alkyl halides is 3. The van der Waals surface area contributed by atoms with Crippen LogP contribution in [-0.4, -0.2) is 24.1 Å². The van der Waals surface area contributed by atoms with E-state index >= 15 is 0 Å². The minimum absolute atomic E-state index is 0.253. The summed E-state index contributed by atoms with van der Waals surface area (Å²) >= 11 is 6.23. The van der Waals surface area contributed by atoms with Gasteiger partial charge < -0.3 is 10.2 Å². The van der Waals surface area contributed by atoms with Crippen LogP contribution in [0.2, 0.25) is 5.02 Å². The van der Waals surface area contributed by atoms with Gasteiger partial charge in [0.1, 0.15) is 0 Å². The average Bonchev–Trinajstić information content (AvgIpc) is 2.74. The first kappa shape index (κ1) is 19.6. The number of pyridine rings is 1. The first-order chi connectivity index (χ1) is 14.7. The minimum Gasteiger partial charge on any atom is -0.344 e. The summed E-state index contributed by atoms with van der Waals surface area (Å²) in [5.74, 6) is -1.97. The number of carbonyl (C=O) groups is 1. The first-order valence-corrected chi connectivity index (χ1v) is 9.86. The zero-order chi connectivity index (χ0) is 21.9. The third kappa shape index (κ3) is 3.16. The maximum absolute atomic E-state index is 12.6. The third-order valence-electron chi connectivity index (χ3n) is 5.49. The van der Waals surface area contributed by atoms with Gasteiger partial charge in [0.2, 0.25) is 0 Å². The van der Waals surface area contributed by atoms with Crippen molar-refractivity contribution < 1.29 is 18.0 Å². The standard InChI is InChI=1S/C23H15ClF3N3O/c1-30-18-5-3-2-4-14(18)21-20-16(15-10-13(24)6-7-17(15)29-21)8-12(9-19(20)30)11-28-22(31)23(25,26)27/h2-10H,11H2,1H3,(H,28,31). The van der Waals surface area contributed by atoms with Gasteiger partial charge in [0.15, 0.2) is 0 Å². The second kappa shape index (κ2) is 6.85. The molecule has 1 aliphatic rings. The van der Waals surface area contributed by atoms with Gasteiger partial charge in [-0.3, -0.25) is 4.79 Å². The van der Waals surface area contributed by atoms with E-state index in [0.29, 0.717) is 10.6 Å². The normalized spacial score (nSPS) is 12.9. The lowest BCUT2D eigenvalue weighted by atomic mass is 9.92. The van der Waals surface area contributed by atoms with E-state index in [9.17, 15) is 18.0 Å². The highest BCUT2D eigenvalue weighted by Gasteiger charge is 2.38. The molecule has 1 N–H and O–H groups in total. The SMILES string of the molecule is CN1c2ccccc2-c2nc3ccc(Cl)cc3c3cc(CNC(=O)C(F)(F)F)cc1c23. The van der Waals surface area contributed by atoms with Gasteiger partial charge in [-0.25, -0.2) is 4.98 Å². The molecule has 0 spiro atoms. The number of benzene rings is 3. The molecule has 0 saturated heterocycles. The zero-order valence-electron chi connectivity index (χ0n) is 16.2. The summed E-state index contributed by atoms with van der Waals surface area (Å²) in [7, 11) is 1.90. The molecule has 0 aliphatic carbocycles. The second-order valence-corrected chi connectivity index (χ2v) is 7.85. The van der Waals surface area contributed by atoms with Crippen LogP contribution < -0.4 is 10.2 Å². The summed E-state index contributed by atoms with van der Waals surface area (Å²) in [4.78, 5) is 18.2. The topological polar surface area (TPSA) is 45.2 Å². The number of fused-ring (bicyclic) bond motifs is 4. The van der Waals surface area contributed by atoms with Crippen molar-refractivity contribution in [2.45, 2.75) is 12.7 Å². The van der Waals surface area contributed by atoms with E-state index in [-0.39, 0.29) is 6.54 Å². The molecule has 5 rings (SSSR count). The van der Waals surface area contributed by atoms with Crippen LogP contribution in [0.1, 0.15) is 5.56 Å². The number of anilines is 2. The molecule has 4 nitrogen and oxygen atoms in total. The maximum atomic E-state index is 12.6. The molecule has 31 heavy (non-hydrogen) atoms. The maximum Gasteiger partial charge on any atom is 0.471 e. The number of hydrogen-bond acceptors (Lipinski definition) is 3. The number of carbonyl (C=O) groups excluding carboxylic acids is 1. The quantitative estimate of drug-likeness (QED) is 0.390. The molecule has 156 valence electrons. The molecule has 0 atom stereocenters. The molecule has 1 aromatic heterocycles. The van der Waals surface area contributed by atoms with Crippen molar-refractivity contribution in [1.29, 1.82) is 0 Å². The average molecular weight is 442 g/mol. The fraction of sp³-hybridized carbons (Fsp3) is 0.130. The fourth-order valence-corrected chi connectivity index (χ4v) is 4.26. The van der Waals surface area contributed by atoms with Crippen molar-refractivity contribution in [1.82, 2.24) is 10.3 Å². The molecular formula is C23H15ClF3N3O. The molecule has 8 heteroatoms. The van der Waals surface area contributed by atoms with E-state index in [1.165, 1.54) is 0 Å². The summed E-state index contributed by atoms with van der Waals surface area (Å²) in [6.45, 7) is -0.253. The molecule has 4 aromatic rings. The highest BCUT2D eigenvalue weighted by molar-refractivity contribution is 6.32. The van der Waals surface area contributed by atoms with Crippen molar-refractivity contribution in [3.63, 3.8) is 0 Å². The van der Waals surface area contributed by atoms with E-state index in [1.807, 2.05) is 47.6 Å². The molecule has 0 saturated carbocycles. The Morgan fingerprint density at radius 3 is 2.61 bits per heavy atom. The van der Waals surface area contributed by atoms with Gasteiger partial charge in [0, 0.05) is 35.0 Å². The number of hydrogen-bond donors (Lipinski definition) is 1. The minimum atomic E-state index is -4.93. The lowest BCUT2D eigenvalue weighted by molar-refractivity contribution is -0.173. The van der Waals surface area contributed by atoms with Crippen LogP contribution in [0.5, 0.6) is 0 Å². The number of nitrogens with zero attached hydrogens (tertiary/aromatic N) is 2. The van der Waals surface area contributed by atoms with Gasteiger partial charge in [0.05, 0.1) is 22.6 Å². The second-order valence-electron chi connectivity index (χ2n) is 7.42. The number of aromatic nitrogens is 1. The molecule has 0 bridgehead atoms. The van der Waals surface area contributed by atoms with Crippen molar-refractivity contribution in [2.75, 3.05) is 11.9 Å². The van der Waals surface area contributed by atoms with E-state index in [0.717, 1.165) is 44.3 Å². The Balaban J connectivity index is 1.78. The number of para-hydroxylation sites is 1. The smallest absolute Gasteiger partial charge is 0.344 e. The fourth-order valence-electron chi connectivity index (χ4n) is 4.08. The predicted molar refractivity (Wildman–Crippen MR) is 116 cm³/mol. The van der Waals surface area contributed by atoms with Crippen LogP contribution in [0.15, 0.2) is 54.6 Å². The van der Waals surface area contributed by atoms with Gasteiger partial charge in [-0.15, -0.1) is 0 Å². The van der Waals surface area contributed by atoms with Crippen molar-refractivity contribution in [3.8, 4) is 11.3 Å². The number of nitrogens with one attached hydrogen (secondary N) is 1. The Morgan fingerprint density at radius 2 is 1.84 bits per heavy atom. The Hall–Kier alpha value is -3.32. The van der Waals surface area contributed by atoms with Crippen LogP contribution in [-0.2, 0) is 11.3 Å². The Kier molecular flexibility index (Phi) is 4.34. The lowest BCUT2D eigenvalue weighted by Gasteiger charge is -2.30. The Morgan fingerprint density at radius 1 is 1.06 bits per heavy atom. The van der Waals surface area contributed by atoms with E-state index in [2.05, 4.69) is 0 Å². The first-order valence-electron chi connectivity index (χ1n) is 9.48. The van der Waals surface area contributed by atoms with Crippen LogP contribution in [0.25, 0.3) is 32.9 Å². The van der Waals surface area contributed by atoms with Gasteiger partial charge in [-0.1, -0.05) is 29.8 Å². The van der Waals surface area contributed by atoms with Gasteiger partial charge in [-0.2, -0.15) is 13.2 Å². The Bertz CT molecular complexity index is 1380. The Labute approximate surface area is 180 Å². The predicted octanol–water partition coefficient (Wildman–Crippen LogP) is 5.97. The molecular weight excluding hydrogens is 427 g/mol. The van der Waals surface area contributed by atoms with E-state index in [1.54, 1.807) is 24.3 Å².